The summed E-state index contributed by atoms with van der Waals surface area (Å²) < 4.78 is 5.30. The van der Waals surface area contributed by atoms with E-state index in [9.17, 15) is 0 Å². The lowest BCUT2D eigenvalue weighted by Crippen LogP contribution is -2.41. The highest BCUT2D eigenvalue weighted by molar-refractivity contribution is 7.11. The van der Waals surface area contributed by atoms with Crippen molar-refractivity contribution in [2.45, 2.75) is 26.5 Å². The minimum Gasteiger partial charge on any atom is -0.361 e. The molecule has 0 amide bonds. The third-order valence-corrected chi connectivity index (χ3v) is 3.78. The van der Waals surface area contributed by atoms with E-state index in [1.807, 2.05) is 6.92 Å². The van der Waals surface area contributed by atoms with Gasteiger partial charge in [-0.25, -0.2) is 4.98 Å². The van der Waals surface area contributed by atoms with Crippen molar-refractivity contribution in [1.29, 1.82) is 5.26 Å². The highest BCUT2D eigenvalue weighted by Crippen LogP contribution is 2.19. The number of nitrogens with zero attached hydrogens (tertiary/aromatic N) is 3. The molecule has 1 unspecified atom stereocenters. The minimum absolute atomic E-state index is 0.282. The fourth-order valence-corrected chi connectivity index (χ4v) is 2.70. The van der Waals surface area contributed by atoms with Gasteiger partial charge in [-0.3, -0.25) is 4.90 Å². The van der Waals surface area contributed by atoms with Gasteiger partial charge in [0.15, 0.2) is 6.10 Å². The van der Waals surface area contributed by atoms with Gasteiger partial charge in [0, 0.05) is 18.0 Å². The van der Waals surface area contributed by atoms with Crippen LogP contribution in [0.4, 0.5) is 0 Å². The molecule has 1 aliphatic rings. The molecule has 0 aromatic carbocycles. The zero-order chi connectivity index (χ0) is 11.5. The van der Waals surface area contributed by atoms with Gasteiger partial charge in [0.2, 0.25) is 0 Å². The molecule has 0 aliphatic carbocycles. The summed E-state index contributed by atoms with van der Waals surface area (Å²) in [7, 11) is 0. The second-order valence-corrected chi connectivity index (χ2v) is 5.26. The highest BCUT2D eigenvalue weighted by atomic mass is 32.1. The molecule has 1 saturated heterocycles. The molecule has 0 spiro atoms. The first-order chi connectivity index (χ1) is 7.69. The molecule has 2 heterocycles. The summed E-state index contributed by atoms with van der Waals surface area (Å²) in [5.74, 6) is 0. The molecule has 1 aromatic rings. The predicted molar refractivity (Wildman–Crippen MR) is 62.2 cm³/mol. The Balaban J connectivity index is 1.97. The van der Waals surface area contributed by atoms with Crippen LogP contribution in [0.15, 0.2) is 0 Å². The van der Waals surface area contributed by atoms with E-state index in [1.54, 1.807) is 11.3 Å². The molecule has 1 aromatic heterocycles. The molecular formula is C11H15N3OS. The first-order valence-electron chi connectivity index (χ1n) is 5.35. The molecule has 2 rings (SSSR count). The lowest BCUT2D eigenvalue weighted by atomic mass is 10.3. The van der Waals surface area contributed by atoms with Crippen molar-refractivity contribution in [2.75, 3.05) is 19.7 Å². The van der Waals surface area contributed by atoms with E-state index < -0.39 is 0 Å². The SMILES string of the molecule is Cc1nc(CN2CCOC(C#N)C2)sc1C. The van der Waals surface area contributed by atoms with E-state index in [0.717, 1.165) is 23.8 Å². The molecule has 86 valence electrons. The summed E-state index contributed by atoms with van der Waals surface area (Å²) in [6.45, 7) is 7.17. The Kier molecular flexibility index (Phi) is 3.54. The molecule has 0 saturated carbocycles. The Labute approximate surface area is 99.5 Å². The van der Waals surface area contributed by atoms with Crippen molar-refractivity contribution in [3.05, 3.63) is 15.6 Å². The van der Waals surface area contributed by atoms with Crippen molar-refractivity contribution in [1.82, 2.24) is 9.88 Å². The molecule has 1 aliphatic heterocycles. The zero-order valence-electron chi connectivity index (χ0n) is 9.56. The number of ether oxygens (including phenoxy) is 1. The van der Waals surface area contributed by atoms with E-state index in [4.69, 9.17) is 10.00 Å². The van der Waals surface area contributed by atoms with Gasteiger partial charge in [-0.05, 0) is 13.8 Å². The number of hydrogen-bond acceptors (Lipinski definition) is 5. The van der Waals surface area contributed by atoms with Crippen LogP contribution < -0.4 is 0 Å². The first kappa shape index (κ1) is 11.5. The maximum Gasteiger partial charge on any atom is 0.156 e. The van der Waals surface area contributed by atoms with Crippen LogP contribution in [0.2, 0.25) is 0 Å². The van der Waals surface area contributed by atoms with Crippen LogP contribution in [0.3, 0.4) is 0 Å². The lowest BCUT2D eigenvalue weighted by Gasteiger charge is -2.28. The first-order valence-corrected chi connectivity index (χ1v) is 6.17. The quantitative estimate of drug-likeness (QED) is 0.782. The van der Waals surface area contributed by atoms with E-state index >= 15 is 0 Å². The second kappa shape index (κ2) is 4.91. The number of morpholine rings is 1. The Bertz CT molecular complexity index is 390. The van der Waals surface area contributed by atoms with Gasteiger partial charge in [-0.15, -0.1) is 11.3 Å². The normalized spacial score (nSPS) is 21.9. The molecule has 0 N–H and O–H groups in total. The van der Waals surface area contributed by atoms with Gasteiger partial charge >= 0.3 is 0 Å². The maximum absolute atomic E-state index is 8.81. The van der Waals surface area contributed by atoms with Gasteiger partial charge in [-0.1, -0.05) is 0 Å². The summed E-state index contributed by atoms with van der Waals surface area (Å²) >= 11 is 1.74. The van der Waals surface area contributed by atoms with Crippen LogP contribution in [-0.2, 0) is 11.3 Å². The van der Waals surface area contributed by atoms with Crippen LogP contribution in [-0.4, -0.2) is 35.7 Å². The van der Waals surface area contributed by atoms with Gasteiger partial charge in [-0.2, -0.15) is 5.26 Å². The number of thiazole rings is 1. The Morgan fingerprint density at radius 2 is 2.44 bits per heavy atom. The average Bonchev–Trinajstić information content (AvgIpc) is 2.58. The molecule has 0 bridgehead atoms. The molecule has 16 heavy (non-hydrogen) atoms. The summed E-state index contributed by atoms with van der Waals surface area (Å²) in [6, 6.07) is 2.16. The number of aryl methyl sites for hydroxylation is 2. The van der Waals surface area contributed by atoms with Crippen molar-refractivity contribution in [2.24, 2.45) is 0 Å². The van der Waals surface area contributed by atoms with Crippen molar-refractivity contribution in [3.8, 4) is 6.07 Å². The highest BCUT2D eigenvalue weighted by Gasteiger charge is 2.20. The molecule has 1 fully saturated rings. The fourth-order valence-electron chi connectivity index (χ4n) is 1.72. The number of rotatable bonds is 2. The monoisotopic (exact) mass is 237 g/mol. The maximum atomic E-state index is 8.81. The van der Waals surface area contributed by atoms with Gasteiger partial charge in [0.05, 0.1) is 24.9 Å². The summed E-state index contributed by atoms with van der Waals surface area (Å²) in [6.07, 6.45) is -0.282. The Morgan fingerprint density at radius 3 is 3.06 bits per heavy atom. The molecule has 0 radical (unpaired) electrons. The topological polar surface area (TPSA) is 49.2 Å². The summed E-state index contributed by atoms with van der Waals surface area (Å²) in [4.78, 5) is 8.02. The fraction of sp³-hybridized carbons (Fsp3) is 0.636. The average molecular weight is 237 g/mol. The van der Waals surface area contributed by atoms with Crippen molar-refractivity contribution >= 4 is 11.3 Å². The van der Waals surface area contributed by atoms with Crippen LogP contribution in [0.25, 0.3) is 0 Å². The third kappa shape index (κ3) is 2.59. The number of nitriles is 1. The van der Waals surface area contributed by atoms with Gasteiger partial charge in [0.1, 0.15) is 5.01 Å². The van der Waals surface area contributed by atoms with E-state index in [2.05, 4.69) is 22.9 Å². The van der Waals surface area contributed by atoms with Gasteiger partial charge in [0.25, 0.3) is 0 Å². The zero-order valence-corrected chi connectivity index (χ0v) is 10.4. The van der Waals surface area contributed by atoms with E-state index in [-0.39, 0.29) is 6.10 Å². The minimum atomic E-state index is -0.282. The van der Waals surface area contributed by atoms with Gasteiger partial charge < -0.3 is 4.74 Å². The summed E-state index contributed by atoms with van der Waals surface area (Å²) in [5, 5.41) is 9.94. The number of hydrogen-bond donors (Lipinski definition) is 0. The van der Waals surface area contributed by atoms with Crippen LogP contribution in [0, 0.1) is 25.2 Å². The molecule has 1 atom stereocenters. The Morgan fingerprint density at radius 1 is 1.62 bits per heavy atom. The van der Waals surface area contributed by atoms with Crippen LogP contribution in [0.1, 0.15) is 15.6 Å². The van der Waals surface area contributed by atoms with Crippen molar-refractivity contribution in [3.63, 3.8) is 0 Å². The molecular weight excluding hydrogens is 222 g/mol. The third-order valence-electron chi connectivity index (χ3n) is 2.73. The van der Waals surface area contributed by atoms with Crippen LogP contribution >= 0.6 is 11.3 Å². The van der Waals surface area contributed by atoms with E-state index in [1.165, 1.54) is 4.88 Å². The number of aromatic nitrogens is 1. The lowest BCUT2D eigenvalue weighted by molar-refractivity contribution is -0.00271. The predicted octanol–water partition coefficient (Wildman–Crippen LogP) is 1.48. The second-order valence-electron chi connectivity index (χ2n) is 3.97. The standard InChI is InChI=1S/C11H15N3OS/c1-8-9(2)16-11(13-8)7-14-3-4-15-10(5-12)6-14/h10H,3-4,6-7H2,1-2H3. The molecule has 4 nitrogen and oxygen atoms in total. The molecule has 5 heteroatoms. The van der Waals surface area contributed by atoms with Crippen molar-refractivity contribution < 1.29 is 4.74 Å². The largest absolute Gasteiger partial charge is 0.361 e. The Hall–Kier alpha value is -0.960. The smallest absolute Gasteiger partial charge is 0.156 e. The summed E-state index contributed by atoms with van der Waals surface area (Å²) in [5.41, 5.74) is 1.12. The van der Waals surface area contributed by atoms with E-state index in [0.29, 0.717) is 13.2 Å². The van der Waals surface area contributed by atoms with Crippen LogP contribution in [0.5, 0.6) is 0 Å².